The predicted molar refractivity (Wildman–Crippen MR) is 68.1 cm³/mol. The Morgan fingerprint density at radius 3 is 2.53 bits per heavy atom. The maximum Gasteiger partial charge on any atom is 0.126 e. The van der Waals surface area contributed by atoms with Crippen LogP contribution in [0.15, 0.2) is 18.2 Å². The van der Waals surface area contributed by atoms with Gasteiger partial charge < -0.3 is 10.1 Å². The third kappa shape index (κ3) is 3.58. The van der Waals surface area contributed by atoms with Crippen LogP contribution >= 0.6 is 11.6 Å². The van der Waals surface area contributed by atoms with E-state index in [0.29, 0.717) is 17.2 Å². The van der Waals surface area contributed by atoms with Gasteiger partial charge in [-0.2, -0.15) is 0 Å². The van der Waals surface area contributed by atoms with Gasteiger partial charge in [0.25, 0.3) is 0 Å². The van der Waals surface area contributed by atoms with E-state index in [1.54, 1.807) is 13.2 Å². The molecule has 1 aromatic rings. The zero-order chi connectivity index (χ0) is 12.3. The first kappa shape index (κ1) is 12.7. The van der Waals surface area contributed by atoms with Crippen molar-refractivity contribution in [2.45, 2.75) is 37.8 Å². The van der Waals surface area contributed by atoms with Crippen molar-refractivity contribution in [3.63, 3.8) is 0 Å². The van der Waals surface area contributed by atoms with Crippen molar-refractivity contribution >= 4 is 17.3 Å². The molecule has 0 saturated heterocycles. The lowest BCUT2D eigenvalue weighted by Gasteiger charge is -2.28. The van der Waals surface area contributed by atoms with Gasteiger partial charge in [-0.1, -0.05) is 11.6 Å². The van der Waals surface area contributed by atoms with E-state index in [9.17, 15) is 4.39 Å². The van der Waals surface area contributed by atoms with Gasteiger partial charge in [-0.3, -0.25) is 0 Å². The van der Waals surface area contributed by atoms with Gasteiger partial charge >= 0.3 is 0 Å². The fourth-order valence-electron chi connectivity index (χ4n) is 2.32. The Kier molecular flexibility index (Phi) is 4.24. The summed E-state index contributed by atoms with van der Waals surface area (Å²) in [6.45, 7) is 0. The fourth-order valence-corrected chi connectivity index (χ4v) is 2.54. The molecule has 4 heteroatoms. The molecule has 0 bridgehead atoms. The van der Waals surface area contributed by atoms with Crippen molar-refractivity contribution in [3.05, 3.63) is 29.0 Å². The first-order valence-electron chi connectivity index (χ1n) is 5.93. The molecule has 0 radical (unpaired) electrons. The van der Waals surface area contributed by atoms with E-state index in [-0.39, 0.29) is 5.82 Å². The summed E-state index contributed by atoms with van der Waals surface area (Å²) in [6, 6.07) is 4.94. The summed E-state index contributed by atoms with van der Waals surface area (Å²) < 4.78 is 18.5. The molecule has 0 atom stereocenters. The van der Waals surface area contributed by atoms with Crippen LogP contribution in [0.5, 0.6) is 0 Å². The number of benzene rings is 1. The Morgan fingerprint density at radius 1 is 1.24 bits per heavy atom. The third-order valence-corrected chi connectivity index (χ3v) is 3.46. The highest BCUT2D eigenvalue weighted by atomic mass is 35.5. The number of hydrogen-bond acceptors (Lipinski definition) is 2. The molecule has 1 aromatic carbocycles. The summed E-state index contributed by atoms with van der Waals surface area (Å²) in [6.07, 6.45) is 4.58. The van der Waals surface area contributed by atoms with E-state index in [0.717, 1.165) is 31.4 Å². The number of hydrogen-bond donors (Lipinski definition) is 1. The molecule has 0 heterocycles. The van der Waals surface area contributed by atoms with Crippen LogP contribution in [0.1, 0.15) is 25.7 Å². The van der Waals surface area contributed by atoms with E-state index in [1.807, 2.05) is 0 Å². The first-order chi connectivity index (χ1) is 8.17. The molecule has 1 aliphatic carbocycles. The van der Waals surface area contributed by atoms with E-state index in [4.69, 9.17) is 16.3 Å². The van der Waals surface area contributed by atoms with Crippen LogP contribution in [0.4, 0.5) is 10.1 Å². The number of anilines is 1. The highest BCUT2D eigenvalue weighted by molar-refractivity contribution is 6.30. The van der Waals surface area contributed by atoms with Gasteiger partial charge in [0.2, 0.25) is 0 Å². The first-order valence-corrected chi connectivity index (χ1v) is 6.30. The van der Waals surface area contributed by atoms with Crippen LogP contribution < -0.4 is 5.32 Å². The summed E-state index contributed by atoms with van der Waals surface area (Å²) in [4.78, 5) is 0. The molecule has 2 rings (SSSR count). The molecular weight excluding hydrogens is 241 g/mol. The molecule has 1 fully saturated rings. The van der Waals surface area contributed by atoms with Crippen molar-refractivity contribution in [1.82, 2.24) is 0 Å². The van der Waals surface area contributed by atoms with Crippen LogP contribution in [0.25, 0.3) is 0 Å². The SMILES string of the molecule is COC1CCC(Nc2cc(F)cc(Cl)c2)CC1. The minimum absolute atomic E-state index is 0.300. The molecule has 1 N–H and O–H groups in total. The van der Waals surface area contributed by atoms with Crippen molar-refractivity contribution in [1.29, 1.82) is 0 Å². The molecule has 2 nitrogen and oxygen atoms in total. The van der Waals surface area contributed by atoms with Gasteiger partial charge in [0, 0.05) is 23.9 Å². The topological polar surface area (TPSA) is 21.3 Å². The molecule has 17 heavy (non-hydrogen) atoms. The van der Waals surface area contributed by atoms with Gasteiger partial charge in [-0.05, 0) is 43.9 Å². The van der Waals surface area contributed by atoms with Crippen molar-refractivity contribution in [3.8, 4) is 0 Å². The monoisotopic (exact) mass is 257 g/mol. The van der Waals surface area contributed by atoms with Crippen molar-refractivity contribution < 1.29 is 9.13 Å². The number of halogens is 2. The maximum absolute atomic E-state index is 13.2. The predicted octanol–water partition coefficient (Wildman–Crippen LogP) is 3.85. The quantitative estimate of drug-likeness (QED) is 0.888. The van der Waals surface area contributed by atoms with E-state index >= 15 is 0 Å². The van der Waals surface area contributed by atoms with Crippen molar-refractivity contribution in [2.75, 3.05) is 12.4 Å². The van der Waals surface area contributed by atoms with Gasteiger partial charge in [0.15, 0.2) is 0 Å². The van der Waals surface area contributed by atoms with E-state index in [1.165, 1.54) is 12.1 Å². The normalized spacial score (nSPS) is 24.6. The van der Waals surface area contributed by atoms with Crippen molar-refractivity contribution in [2.24, 2.45) is 0 Å². The molecule has 0 aromatic heterocycles. The maximum atomic E-state index is 13.2. The molecular formula is C13H17ClFNO. The molecule has 0 spiro atoms. The van der Waals surface area contributed by atoms with Gasteiger partial charge in [0.05, 0.1) is 6.10 Å². The molecule has 0 unspecified atom stereocenters. The summed E-state index contributed by atoms with van der Waals surface area (Å²) in [7, 11) is 1.75. The largest absolute Gasteiger partial charge is 0.382 e. The van der Waals surface area contributed by atoms with E-state index in [2.05, 4.69) is 5.32 Å². The van der Waals surface area contributed by atoms with Crippen LogP contribution in [0.2, 0.25) is 5.02 Å². The zero-order valence-corrected chi connectivity index (χ0v) is 10.6. The highest BCUT2D eigenvalue weighted by Crippen LogP contribution is 2.25. The zero-order valence-electron chi connectivity index (χ0n) is 9.88. The molecule has 1 saturated carbocycles. The summed E-state index contributed by atoms with van der Waals surface area (Å²) >= 11 is 5.81. The minimum atomic E-state index is -0.300. The molecule has 94 valence electrons. The molecule has 0 aliphatic heterocycles. The Balaban J connectivity index is 1.93. The Labute approximate surface area is 106 Å². The van der Waals surface area contributed by atoms with E-state index < -0.39 is 0 Å². The molecule has 0 amide bonds. The molecule has 1 aliphatic rings. The second-order valence-electron chi connectivity index (χ2n) is 4.51. The summed E-state index contributed by atoms with van der Waals surface area (Å²) in [5.41, 5.74) is 0.760. The Morgan fingerprint density at radius 2 is 1.94 bits per heavy atom. The number of nitrogens with one attached hydrogen (secondary N) is 1. The number of ether oxygens (including phenoxy) is 1. The fraction of sp³-hybridized carbons (Fsp3) is 0.538. The van der Waals surface area contributed by atoms with Crippen LogP contribution in [-0.4, -0.2) is 19.3 Å². The Bertz CT molecular complexity index is 357. The number of methoxy groups -OCH3 is 1. The second kappa shape index (κ2) is 5.69. The lowest BCUT2D eigenvalue weighted by Crippen LogP contribution is -2.29. The van der Waals surface area contributed by atoms with Crippen LogP contribution in [0.3, 0.4) is 0 Å². The van der Waals surface area contributed by atoms with Crippen LogP contribution in [-0.2, 0) is 4.74 Å². The lowest BCUT2D eigenvalue weighted by molar-refractivity contribution is 0.0682. The average Bonchev–Trinajstić information content (AvgIpc) is 2.28. The Hall–Kier alpha value is -0.800. The highest BCUT2D eigenvalue weighted by Gasteiger charge is 2.20. The minimum Gasteiger partial charge on any atom is -0.382 e. The van der Waals surface area contributed by atoms with Gasteiger partial charge in [-0.25, -0.2) is 4.39 Å². The second-order valence-corrected chi connectivity index (χ2v) is 4.95. The van der Waals surface area contributed by atoms with Crippen LogP contribution in [0, 0.1) is 5.82 Å². The summed E-state index contributed by atoms with van der Waals surface area (Å²) in [5, 5.41) is 3.76. The van der Waals surface area contributed by atoms with Gasteiger partial charge in [0.1, 0.15) is 5.82 Å². The van der Waals surface area contributed by atoms with Gasteiger partial charge in [-0.15, -0.1) is 0 Å². The average molecular weight is 258 g/mol. The third-order valence-electron chi connectivity index (χ3n) is 3.24. The summed E-state index contributed by atoms with van der Waals surface area (Å²) in [5.74, 6) is -0.300. The lowest BCUT2D eigenvalue weighted by atomic mass is 9.93. The standard InChI is InChI=1S/C13H17ClFNO/c1-17-13-4-2-11(3-5-13)16-12-7-9(14)6-10(15)8-12/h6-8,11,13,16H,2-5H2,1H3. The number of rotatable bonds is 3. The smallest absolute Gasteiger partial charge is 0.126 e.